The highest BCUT2D eigenvalue weighted by molar-refractivity contribution is 5.84. The molecule has 88 valence electrons. The summed E-state index contributed by atoms with van der Waals surface area (Å²) in [5, 5.41) is 11.7. The van der Waals surface area contributed by atoms with Gasteiger partial charge in [0.15, 0.2) is 0 Å². The van der Waals surface area contributed by atoms with Gasteiger partial charge in [-0.2, -0.15) is 0 Å². The molecular weight excluding hydrogens is 196 g/mol. The third kappa shape index (κ3) is 4.78. The predicted octanol–water partition coefficient (Wildman–Crippen LogP) is 0.164. The smallest absolute Gasteiger partial charge is 0.326 e. The Hall–Kier alpha value is -1.10. The van der Waals surface area contributed by atoms with Gasteiger partial charge in [0.1, 0.15) is 6.04 Å². The quantitative estimate of drug-likeness (QED) is 0.663. The van der Waals surface area contributed by atoms with Crippen LogP contribution < -0.4 is 5.32 Å². The van der Waals surface area contributed by atoms with Gasteiger partial charge in [0.05, 0.1) is 6.54 Å². The van der Waals surface area contributed by atoms with Gasteiger partial charge in [0, 0.05) is 7.05 Å². The van der Waals surface area contributed by atoms with Crippen molar-refractivity contribution < 1.29 is 14.7 Å². The maximum atomic E-state index is 11.5. The standard InChI is InChI=1S/C10H20N2O3/c1-7(2)5-8(10(14)15)12(4)9(13)6-11-3/h7-8,11H,5-6H2,1-4H3,(H,14,15)/t8-/m0/s1. The molecule has 0 rings (SSSR count). The number of hydrogen-bond donors (Lipinski definition) is 2. The minimum absolute atomic E-state index is 0.165. The van der Waals surface area contributed by atoms with Crippen LogP contribution in [0.4, 0.5) is 0 Å². The largest absolute Gasteiger partial charge is 0.480 e. The van der Waals surface area contributed by atoms with E-state index < -0.39 is 12.0 Å². The topological polar surface area (TPSA) is 69.6 Å². The molecule has 1 amide bonds. The highest BCUT2D eigenvalue weighted by Gasteiger charge is 2.26. The molecule has 0 saturated heterocycles. The molecule has 0 aromatic carbocycles. The first-order valence-corrected chi connectivity index (χ1v) is 5.03. The molecule has 0 unspecified atom stereocenters. The minimum Gasteiger partial charge on any atom is -0.480 e. The van der Waals surface area contributed by atoms with Gasteiger partial charge in [-0.15, -0.1) is 0 Å². The minimum atomic E-state index is -0.948. The number of carbonyl (C=O) groups is 2. The number of rotatable bonds is 6. The van der Waals surface area contributed by atoms with E-state index in [1.807, 2.05) is 13.8 Å². The van der Waals surface area contributed by atoms with Crippen LogP contribution in [0.15, 0.2) is 0 Å². The predicted molar refractivity (Wildman–Crippen MR) is 57.6 cm³/mol. The lowest BCUT2D eigenvalue weighted by atomic mass is 10.0. The van der Waals surface area contributed by atoms with Crippen molar-refractivity contribution in [3.63, 3.8) is 0 Å². The maximum Gasteiger partial charge on any atom is 0.326 e. The molecule has 5 nitrogen and oxygen atoms in total. The zero-order chi connectivity index (χ0) is 12.0. The van der Waals surface area contributed by atoms with Crippen LogP contribution in [0.1, 0.15) is 20.3 Å². The highest BCUT2D eigenvalue weighted by Crippen LogP contribution is 2.10. The van der Waals surface area contributed by atoms with Crippen molar-refractivity contribution in [1.29, 1.82) is 0 Å². The Morgan fingerprint density at radius 2 is 1.93 bits per heavy atom. The van der Waals surface area contributed by atoms with Crippen LogP contribution >= 0.6 is 0 Å². The lowest BCUT2D eigenvalue weighted by Crippen LogP contribution is -2.46. The average molecular weight is 216 g/mol. The first-order valence-electron chi connectivity index (χ1n) is 5.03. The molecule has 0 saturated carbocycles. The summed E-state index contributed by atoms with van der Waals surface area (Å²) in [6, 6.07) is -0.731. The van der Waals surface area contributed by atoms with Crippen molar-refractivity contribution >= 4 is 11.9 Å². The molecular formula is C10H20N2O3. The monoisotopic (exact) mass is 216 g/mol. The van der Waals surface area contributed by atoms with Crippen molar-refractivity contribution in [3.05, 3.63) is 0 Å². The van der Waals surface area contributed by atoms with Gasteiger partial charge in [-0.3, -0.25) is 4.79 Å². The fourth-order valence-corrected chi connectivity index (χ4v) is 1.32. The highest BCUT2D eigenvalue weighted by atomic mass is 16.4. The van der Waals surface area contributed by atoms with Crippen LogP contribution in [0.5, 0.6) is 0 Å². The van der Waals surface area contributed by atoms with E-state index in [1.54, 1.807) is 7.05 Å². The summed E-state index contributed by atoms with van der Waals surface area (Å²) in [5.74, 6) is -0.905. The third-order valence-electron chi connectivity index (χ3n) is 2.17. The average Bonchev–Trinajstić information content (AvgIpc) is 2.12. The van der Waals surface area contributed by atoms with Crippen molar-refractivity contribution in [2.24, 2.45) is 5.92 Å². The van der Waals surface area contributed by atoms with Crippen LogP contribution in [0.3, 0.4) is 0 Å². The number of nitrogens with one attached hydrogen (secondary N) is 1. The number of amides is 1. The molecule has 2 N–H and O–H groups in total. The van der Waals surface area contributed by atoms with E-state index in [4.69, 9.17) is 5.11 Å². The zero-order valence-electron chi connectivity index (χ0n) is 9.78. The normalized spacial score (nSPS) is 12.6. The van der Waals surface area contributed by atoms with Gasteiger partial charge in [-0.25, -0.2) is 4.79 Å². The first-order chi connectivity index (χ1) is 6.90. The summed E-state index contributed by atoms with van der Waals surface area (Å²) < 4.78 is 0. The Labute approximate surface area is 90.5 Å². The van der Waals surface area contributed by atoms with Crippen molar-refractivity contribution in [3.8, 4) is 0 Å². The van der Waals surface area contributed by atoms with Crippen LogP contribution in [0.2, 0.25) is 0 Å². The van der Waals surface area contributed by atoms with Crippen LogP contribution in [-0.4, -0.2) is 48.6 Å². The van der Waals surface area contributed by atoms with E-state index in [1.165, 1.54) is 11.9 Å². The van der Waals surface area contributed by atoms with Gasteiger partial charge in [0.25, 0.3) is 0 Å². The summed E-state index contributed by atoms with van der Waals surface area (Å²) in [6.45, 7) is 4.04. The molecule has 0 aliphatic heterocycles. The molecule has 0 heterocycles. The Kier molecular flexibility index (Phi) is 5.93. The van der Waals surface area contributed by atoms with Crippen LogP contribution in [0.25, 0.3) is 0 Å². The summed E-state index contributed by atoms with van der Waals surface area (Å²) >= 11 is 0. The number of carbonyl (C=O) groups excluding carboxylic acids is 1. The van der Waals surface area contributed by atoms with Gasteiger partial charge in [-0.1, -0.05) is 13.8 Å². The summed E-state index contributed by atoms with van der Waals surface area (Å²) in [5.41, 5.74) is 0. The second-order valence-corrected chi connectivity index (χ2v) is 4.02. The van der Waals surface area contributed by atoms with E-state index in [0.717, 1.165) is 0 Å². The third-order valence-corrected chi connectivity index (χ3v) is 2.17. The number of likely N-dealkylation sites (N-methyl/N-ethyl adjacent to an activating group) is 2. The van der Waals surface area contributed by atoms with E-state index in [2.05, 4.69) is 5.32 Å². The lowest BCUT2D eigenvalue weighted by molar-refractivity contribution is -0.149. The first kappa shape index (κ1) is 13.9. The van der Waals surface area contributed by atoms with Gasteiger partial charge < -0.3 is 15.3 Å². The molecule has 0 aliphatic carbocycles. The molecule has 0 aromatic rings. The van der Waals surface area contributed by atoms with Crippen molar-refractivity contribution in [2.45, 2.75) is 26.3 Å². The number of nitrogens with zero attached hydrogens (tertiary/aromatic N) is 1. The molecule has 15 heavy (non-hydrogen) atoms. The maximum absolute atomic E-state index is 11.5. The van der Waals surface area contributed by atoms with Gasteiger partial charge >= 0.3 is 5.97 Å². The molecule has 0 spiro atoms. The van der Waals surface area contributed by atoms with Crippen LogP contribution in [-0.2, 0) is 9.59 Å². The van der Waals surface area contributed by atoms with E-state index in [0.29, 0.717) is 6.42 Å². The lowest BCUT2D eigenvalue weighted by Gasteiger charge is -2.26. The Morgan fingerprint density at radius 3 is 2.27 bits per heavy atom. The second-order valence-electron chi connectivity index (χ2n) is 4.02. The number of hydrogen-bond acceptors (Lipinski definition) is 3. The fourth-order valence-electron chi connectivity index (χ4n) is 1.32. The number of carboxylic acid groups (broad SMARTS) is 1. The molecule has 1 atom stereocenters. The number of aliphatic carboxylic acids is 1. The molecule has 5 heteroatoms. The molecule has 0 fully saturated rings. The fraction of sp³-hybridized carbons (Fsp3) is 0.800. The zero-order valence-corrected chi connectivity index (χ0v) is 9.78. The molecule has 0 bridgehead atoms. The van der Waals surface area contributed by atoms with Crippen molar-refractivity contribution in [2.75, 3.05) is 20.6 Å². The Balaban J connectivity index is 4.47. The Morgan fingerprint density at radius 1 is 1.40 bits per heavy atom. The molecule has 0 aliphatic rings. The number of carboxylic acids is 1. The summed E-state index contributed by atoms with van der Waals surface area (Å²) in [6.07, 6.45) is 0.473. The van der Waals surface area contributed by atoms with Crippen LogP contribution in [0, 0.1) is 5.92 Å². The van der Waals surface area contributed by atoms with E-state index in [-0.39, 0.29) is 18.4 Å². The van der Waals surface area contributed by atoms with Crippen molar-refractivity contribution in [1.82, 2.24) is 10.2 Å². The Bertz CT molecular complexity index is 229. The second kappa shape index (κ2) is 6.40. The summed E-state index contributed by atoms with van der Waals surface area (Å²) in [7, 11) is 3.19. The molecule has 0 aromatic heterocycles. The van der Waals surface area contributed by atoms with Gasteiger partial charge in [-0.05, 0) is 19.4 Å². The summed E-state index contributed by atoms with van der Waals surface area (Å²) in [4.78, 5) is 23.7. The SMILES string of the molecule is CNCC(=O)N(C)[C@@H](CC(C)C)C(=O)O. The molecule has 0 radical (unpaired) electrons. The van der Waals surface area contributed by atoms with E-state index in [9.17, 15) is 9.59 Å². The van der Waals surface area contributed by atoms with E-state index >= 15 is 0 Å². The van der Waals surface area contributed by atoms with Gasteiger partial charge in [0.2, 0.25) is 5.91 Å².